The summed E-state index contributed by atoms with van der Waals surface area (Å²) < 4.78 is 0. The molecule has 4 nitrogen and oxygen atoms in total. The lowest BCUT2D eigenvalue weighted by atomic mass is 10.0. The van der Waals surface area contributed by atoms with Crippen molar-refractivity contribution in [2.24, 2.45) is 5.92 Å². The first-order valence-electron chi connectivity index (χ1n) is 7.30. The normalized spacial score (nSPS) is 17.7. The molecule has 2 aromatic rings. The second-order valence-electron chi connectivity index (χ2n) is 5.70. The van der Waals surface area contributed by atoms with Crippen molar-refractivity contribution < 1.29 is 4.79 Å². The number of carbonyl (C=O) groups is 1. The first-order valence-corrected chi connectivity index (χ1v) is 7.30. The number of carbonyl (C=O) groups excluding carboxylic acids is 1. The van der Waals surface area contributed by atoms with E-state index in [1.54, 1.807) is 0 Å². The number of aromatic amines is 1. The fourth-order valence-electron chi connectivity index (χ4n) is 2.88. The third kappa shape index (κ3) is 3.99. The Morgan fingerprint density at radius 3 is 3.00 bits per heavy atom. The third-order valence-corrected chi connectivity index (χ3v) is 3.98. The van der Waals surface area contributed by atoms with Crippen LogP contribution in [0.5, 0.6) is 0 Å². The summed E-state index contributed by atoms with van der Waals surface area (Å²) in [6.07, 6.45) is 2.78. The van der Waals surface area contributed by atoms with Crippen LogP contribution in [0.4, 0.5) is 5.69 Å². The molecule has 0 spiro atoms. The first-order chi connectivity index (χ1) is 9.70. The maximum absolute atomic E-state index is 12.0. The summed E-state index contributed by atoms with van der Waals surface area (Å²) in [6.45, 7) is 4.19. The zero-order valence-corrected chi connectivity index (χ0v) is 13.1. The summed E-state index contributed by atoms with van der Waals surface area (Å²) in [5, 5.41) is 7.47. The number of aromatic nitrogens is 1. The molecule has 5 heteroatoms. The van der Waals surface area contributed by atoms with Crippen LogP contribution in [0, 0.1) is 12.8 Å². The molecule has 0 saturated carbocycles. The van der Waals surface area contributed by atoms with Crippen molar-refractivity contribution in [2.45, 2.75) is 26.2 Å². The number of aryl methyl sites for hydroxylation is 1. The quantitative estimate of drug-likeness (QED) is 0.812. The first kappa shape index (κ1) is 15.9. The molecule has 0 bridgehead atoms. The SMILES string of the molecule is Cc1cc2cc(NC(=O)CCC3CCNC3)ccc2[nH]1.Cl. The lowest BCUT2D eigenvalue weighted by Gasteiger charge is -2.08. The number of rotatable bonds is 4. The van der Waals surface area contributed by atoms with Crippen LogP contribution >= 0.6 is 12.4 Å². The van der Waals surface area contributed by atoms with E-state index in [0.29, 0.717) is 12.3 Å². The minimum atomic E-state index is 0. The zero-order valence-electron chi connectivity index (χ0n) is 12.2. The fraction of sp³-hybridized carbons (Fsp3) is 0.438. The summed E-state index contributed by atoms with van der Waals surface area (Å²) in [7, 11) is 0. The Bertz CT molecular complexity index is 617. The van der Waals surface area contributed by atoms with Crippen molar-refractivity contribution in [1.29, 1.82) is 0 Å². The second kappa shape index (κ2) is 6.96. The molecule has 3 N–H and O–H groups in total. The van der Waals surface area contributed by atoms with Gasteiger partial charge in [-0.15, -0.1) is 12.4 Å². The van der Waals surface area contributed by atoms with Crippen LogP contribution in [-0.4, -0.2) is 24.0 Å². The van der Waals surface area contributed by atoms with Gasteiger partial charge in [-0.3, -0.25) is 4.79 Å². The lowest BCUT2D eigenvalue weighted by molar-refractivity contribution is -0.116. The Morgan fingerprint density at radius 2 is 2.24 bits per heavy atom. The Balaban J connectivity index is 0.00000161. The predicted molar refractivity (Wildman–Crippen MR) is 89.1 cm³/mol. The fourth-order valence-corrected chi connectivity index (χ4v) is 2.88. The number of H-pyrrole nitrogens is 1. The van der Waals surface area contributed by atoms with E-state index < -0.39 is 0 Å². The topological polar surface area (TPSA) is 56.9 Å². The molecule has 1 aromatic heterocycles. The molecule has 1 amide bonds. The van der Waals surface area contributed by atoms with E-state index in [4.69, 9.17) is 0 Å². The molecule has 21 heavy (non-hydrogen) atoms. The molecule has 1 aromatic carbocycles. The van der Waals surface area contributed by atoms with Gasteiger partial charge in [-0.2, -0.15) is 0 Å². The monoisotopic (exact) mass is 307 g/mol. The summed E-state index contributed by atoms with van der Waals surface area (Å²) in [6, 6.07) is 8.08. The van der Waals surface area contributed by atoms with E-state index in [9.17, 15) is 4.79 Å². The number of amides is 1. The molecule has 1 aliphatic heterocycles. The highest BCUT2D eigenvalue weighted by Crippen LogP contribution is 2.20. The highest BCUT2D eigenvalue weighted by Gasteiger charge is 2.15. The molecule has 114 valence electrons. The van der Waals surface area contributed by atoms with Crippen LogP contribution in [0.2, 0.25) is 0 Å². The molecule has 1 unspecified atom stereocenters. The summed E-state index contributed by atoms with van der Waals surface area (Å²) in [5.41, 5.74) is 3.13. The van der Waals surface area contributed by atoms with E-state index in [-0.39, 0.29) is 18.3 Å². The molecular weight excluding hydrogens is 286 g/mol. The van der Waals surface area contributed by atoms with E-state index in [1.165, 1.54) is 6.42 Å². The average Bonchev–Trinajstić information content (AvgIpc) is 3.04. The molecule has 0 radical (unpaired) electrons. The summed E-state index contributed by atoms with van der Waals surface area (Å²) >= 11 is 0. The van der Waals surface area contributed by atoms with E-state index >= 15 is 0 Å². The highest BCUT2D eigenvalue weighted by atomic mass is 35.5. The number of fused-ring (bicyclic) bond motifs is 1. The third-order valence-electron chi connectivity index (χ3n) is 3.98. The van der Waals surface area contributed by atoms with Crippen molar-refractivity contribution >= 4 is 34.9 Å². The number of benzene rings is 1. The van der Waals surface area contributed by atoms with Crippen molar-refractivity contribution in [3.63, 3.8) is 0 Å². The zero-order chi connectivity index (χ0) is 13.9. The molecule has 2 heterocycles. The number of anilines is 1. The number of hydrogen-bond donors (Lipinski definition) is 3. The van der Waals surface area contributed by atoms with Crippen LogP contribution in [0.1, 0.15) is 25.0 Å². The van der Waals surface area contributed by atoms with Gasteiger partial charge in [0.1, 0.15) is 0 Å². The largest absolute Gasteiger partial charge is 0.359 e. The number of hydrogen-bond acceptors (Lipinski definition) is 2. The van der Waals surface area contributed by atoms with Crippen LogP contribution in [-0.2, 0) is 4.79 Å². The van der Waals surface area contributed by atoms with Crippen molar-refractivity contribution in [3.8, 4) is 0 Å². The van der Waals surface area contributed by atoms with Crippen LogP contribution in [0.15, 0.2) is 24.3 Å². The Morgan fingerprint density at radius 1 is 1.38 bits per heavy atom. The maximum atomic E-state index is 12.0. The Hall–Kier alpha value is -1.52. The van der Waals surface area contributed by atoms with Gasteiger partial charge in [0.25, 0.3) is 0 Å². The van der Waals surface area contributed by atoms with Crippen LogP contribution in [0.3, 0.4) is 0 Å². The molecule has 1 fully saturated rings. The summed E-state index contributed by atoms with van der Waals surface area (Å²) in [5.74, 6) is 0.777. The number of halogens is 1. The highest BCUT2D eigenvalue weighted by molar-refractivity contribution is 5.93. The molecule has 1 saturated heterocycles. The standard InChI is InChI=1S/C16H21N3O.ClH/c1-11-8-13-9-14(3-4-15(13)18-11)19-16(20)5-2-12-6-7-17-10-12;/h3-4,8-9,12,17-18H,2,5-7,10H2,1H3,(H,19,20);1H. The van der Waals surface area contributed by atoms with Gasteiger partial charge in [0.15, 0.2) is 0 Å². The lowest BCUT2D eigenvalue weighted by Crippen LogP contribution is -2.14. The maximum Gasteiger partial charge on any atom is 0.224 e. The van der Waals surface area contributed by atoms with Crippen molar-refractivity contribution in [3.05, 3.63) is 30.0 Å². The summed E-state index contributed by atoms with van der Waals surface area (Å²) in [4.78, 5) is 15.3. The van der Waals surface area contributed by atoms with Gasteiger partial charge in [0.2, 0.25) is 5.91 Å². The van der Waals surface area contributed by atoms with Gasteiger partial charge < -0.3 is 15.6 Å². The van der Waals surface area contributed by atoms with Gasteiger partial charge in [-0.25, -0.2) is 0 Å². The molecule has 0 aliphatic carbocycles. The molecule has 3 rings (SSSR count). The van der Waals surface area contributed by atoms with Gasteiger partial charge >= 0.3 is 0 Å². The average molecular weight is 308 g/mol. The Labute approximate surface area is 131 Å². The van der Waals surface area contributed by atoms with Gasteiger partial charge in [0, 0.05) is 28.7 Å². The smallest absolute Gasteiger partial charge is 0.224 e. The van der Waals surface area contributed by atoms with Crippen LogP contribution < -0.4 is 10.6 Å². The molecule has 1 atom stereocenters. The molecule has 1 aliphatic rings. The minimum absolute atomic E-state index is 0. The van der Waals surface area contributed by atoms with Gasteiger partial charge in [-0.1, -0.05) is 0 Å². The number of nitrogens with one attached hydrogen (secondary N) is 3. The molecular formula is C16H22ClN3O. The minimum Gasteiger partial charge on any atom is -0.359 e. The van der Waals surface area contributed by atoms with E-state index in [0.717, 1.165) is 41.8 Å². The van der Waals surface area contributed by atoms with Gasteiger partial charge in [0.05, 0.1) is 0 Å². The van der Waals surface area contributed by atoms with E-state index in [2.05, 4.69) is 21.7 Å². The Kier molecular flexibility index (Phi) is 5.26. The van der Waals surface area contributed by atoms with E-state index in [1.807, 2.05) is 25.1 Å². The van der Waals surface area contributed by atoms with Crippen molar-refractivity contribution in [2.75, 3.05) is 18.4 Å². The van der Waals surface area contributed by atoms with Crippen LogP contribution in [0.25, 0.3) is 10.9 Å². The second-order valence-corrected chi connectivity index (χ2v) is 5.70. The predicted octanol–water partition coefficient (Wildman–Crippen LogP) is 3.23. The van der Waals surface area contributed by atoms with Gasteiger partial charge in [-0.05, 0) is 63.0 Å². The van der Waals surface area contributed by atoms with Crippen molar-refractivity contribution in [1.82, 2.24) is 10.3 Å².